The molecule has 2 rings (SSSR count). The van der Waals surface area contributed by atoms with E-state index < -0.39 is 0 Å². The Morgan fingerprint density at radius 1 is 1.22 bits per heavy atom. The van der Waals surface area contributed by atoms with Crippen molar-refractivity contribution < 1.29 is 4.79 Å². The fourth-order valence-corrected chi connectivity index (χ4v) is 3.66. The van der Waals surface area contributed by atoms with Crippen LogP contribution >= 0.6 is 0 Å². The Hall–Kier alpha value is -2.04. The molecule has 0 saturated heterocycles. The molecule has 0 radical (unpaired) electrons. The molecule has 2 N–H and O–H groups in total. The lowest BCUT2D eigenvalue weighted by atomic mass is 9.80. The standard InChI is InChI=1S/C22H36N4O/c1-5-23-22(25-16-20-11-7-6-9-17(20)2)24-14-13-18-10-8-12-19(15-18)21(27)26(3)4/h8,10,12,15,17,20H,5-7,9,11,13-14,16H2,1-4H3,(H2,23,24,25). The van der Waals surface area contributed by atoms with Gasteiger partial charge in [0.05, 0.1) is 0 Å². The summed E-state index contributed by atoms with van der Waals surface area (Å²) in [6.07, 6.45) is 6.22. The van der Waals surface area contributed by atoms with E-state index in [2.05, 4.69) is 30.5 Å². The minimum absolute atomic E-state index is 0.0429. The Bertz CT molecular complexity index is 626. The number of carbonyl (C=O) groups is 1. The van der Waals surface area contributed by atoms with Gasteiger partial charge in [-0.25, -0.2) is 0 Å². The van der Waals surface area contributed by atoms with Gasteiger partial charge in [-0.15, -0.1) is 0 Å². The van der Waals surface area contributed by atoms with E-state index in [0.717, 1.165) is 49.1 Å². The lowest BCUT2D eigenvalue weighted by Gasteiger charge is -2.27. The summed E-state index contributed by atoms with van der Waals surface area (Å²) in [6, 6.07) is 7.88. The summed E-state index contributed by atoms with van der Waals surface area (Å²) in [5.74, 6) is 2.43. The molecule has 0 heterocycles. The molecule has 1 aromatic carbocycles. The fraction of sp³-hybridized carbons (Fsp3) is 0.636. The van der Waals surface area contributed by atoms with Crippen molar-refractivity contribution >= 4 is 11.9 Å². The zero-order chi connectivity index (χ0) is 19.6. The van der Waals surface area contributed by atoms with Gasteiger partial charge in [0, 0.05) is 39.3 Å². The third kappa shape index (κ3) is 6.89. The molecule has 150 valence electrons. The first-order valence-electron chi connectivity index (χ1n) is 10.3. The number of aliphatic imine (C=N–C) groups is 1. The number of hydrogen-bond donors (Lipinski definition) is 2. The molecule has 1 amide bonds. The molecule has 0 bridgehead atoms. The van der Waals surface area contributed by atoms with Gasteiger partial charge in [-0.05, 0) is 49.3 Å². The van der Waals surface area contributed by atoms with E-state index >= 15 is 0 Å². The molecule has 0 aliphatic heterocycles. The van der Waals surface area contributed by atoms with Crippen molar-refractivity contribution in [3.63, 3.8) is 0 Å². The number of nitrogens with zero attached hydrogens (tertiary/aromatic N) is 2. The van der Waals surface area contributed by atoms with Crippen LogP contribution in [0.3, 0.4) is 0 Å². The molecule has 2 unspecified atom stereocenters. The molecular weight excluding hydrogens is 336 g/mol. The first-order chi connectivity index (χ1) is 13.0. The Balaban J connectivity index is 1.87. The highest BCUT2D eigenvalue weighted by Gasteiger charge is 2.20. The van der Waals surface area contributed by atoms with E-state index in [0.29, 0.717) is 5.92 Å². The first kappa shape index (κ1) is 21.3. The van der Waals surface area contributed by atoms with Crippen LogP contribution in [0.25, 0.3) is 0 Å². The largest absolute Gasteiger partial charge is 0.357 e. The van der Waals surface area contributed by atoms with E-state index in [1.165, 1.54) is 25.7 Å². The molecule has 5 nitrogen and oxygen atoms in total. The Morgan fingerprint density at radius 3 is 2.70 bits per heavy atom. The predicted molar refractivity (Wildman–Crippen MR) is 113 cm³/mol. The van der Waals surface area contributed by atoms with Gasteiger partial charge in [-0.1, -0.05) is 38.3 Å². The molecule has 2 atom stereocenters. The van der Waals surface area contributed by atoms with Crippen LogP contribution in [-0.2, 0) is 6.42 Å². The number of benzene rings is 1. The van der Waals surface area contributed by atoms with E-state index in [4.69, 9.17) is 4.99 Å². The van der Waals surface area contributed by atoms with Crippen LogP contribution in [0.2, 0.25) is 0 Å². The van der Waals surface area contributed by atoms with Crippen LogP contribution in [-0.4, -0.2) is 50.5 Å². The number of amides is 1. The highest BCUT2D eigenvalue weighted by Crippen LogP contribution is 2.29. The molecule has 1 aromatic rings. The van der Waals surface area contributed by atoms with Gasteiger partial charge in [0.25, 0.3) is 5.91 Å². The van der Waals surface area contributed by atoms with Crippen LogP contribution in [0.1, 0.15) is 55.5 Å². The highest BCUT2D eigenvalue weighted by molar-refractivity contribution is 5.94. The second kappa shape index (κ2) is 11.0. The van der Waals surface area contributed by atoms with Crippen LogP contribution in [0.4, 0.5) is 0 Å². The molecule has 1 aliphatic rings. The average Bonchev–Trinajstić information content (AvgIpc) is 2.66. The van der Waals surface area contributed by atoms with Crippen molar-refractivity contribution in [1.29, 1.82) is 0 Å². The summed E-state index contributed by atoms with van der Waals surface area (Å²) >= 11 is 0. The summed E-state index contributed by atoms with van der Waals surface area (Å²) < 4.78 is 0. The SMILES string of the molecule is CCNC(=NCC1CCCCC1C)NCCc1cccc(C(=O)N(C)C)c1. The molecule has 0 aromatic heterocycles. The highest BCUT2D eigenvalue weighted by atomic mass is 16.2. The summed E-state index contributed by atoms with van der Waals surface area (Å²) in [5.41, 5.74) is 1.90. The van der Waals surface area contributed by atoms with Crippen molar-refractivity contribution in [2.75, 3.05) is 33.7 Å². The van der Waals surface area contributed by atoms with E-state index in [-0.39, 0.29) is 5.91 Å². The maximum absolute atomic E-state index is 12.1. The van der Waals surface area contributed by atoms with Gasteiger partial charge in [0.15, 0.2) is 5.96 Å². The number of hydrogen-bond acceptors (Lipinski definition) is 2. The number of rotatable bonds is 7. The minimum Gasteiger partial charge on any atom is -0.357 e. The topological polar surface area (TPSA) is 56.7 Å². The van der Waals surface area contributed by atoms with Crippen molar-refractivity contribution in [3.05, 3.63) is 35.4 Å². The van der Waals surface area contributed by atoms with E-state index in [1.807, 2.05) is 18.2 Å². The Morgan fingerprint density at radius 2 is 2.00 bits per heavy atom. The second-order valence-electron chi connectivity index (χ2n) is 7.82. The lowest BCUT2D eigenvalue weighted by molar-refractivity contribution is 0.0827. The Kier molecular flexibility index (Phi) is 8.62. The molecule has 27 heavy (non-hydrogen) atoms. The van der Waals surface area contributed by atoms with E-state index in [1.54, 1.807) is 19.0 Å². The van der Waals surface area contributed by atoms with Crippen LogP contribution in [0.5, 0.6) is 0 Å². The van der Waals surface area contributed by atoms with Gasteiger partial charge in [0.1, 0.15) is 0 Å². The van der Waals surface area contributed by atoms with Crippen LogP contribution < -0.4 is 10.6 Å². The summed E-state index contributed by atoms with van der Waals surface area (Å²) in [6.45, 7) is 7.02. The molecule has 1 fully saturated rings. The zero-order valence-electron chi connectivity index (χ0n) is 17.4. The monoisotopic (exact) mass is 372 g/mol. The molecule has 0 spiro atoms. The quantitative estimate of drug-likeness (QED) is 0.570. The summed E-state index contributed by atoms with van der Waals surface area (Å²) in [7, 11) is 3.56. The lowest BCUT2D eigenvalue weighted by Crippen LogP contribution is -2.39. The third-order valence-corrected chi connectivity index (χ3v) is 5.40. The number of nitrogens with one attached hydrogen (secondary N) is 2. The number of carbonyl (C=O) groups excluding carboxylic acids is 1. The normalized spacial score (nSPS) is 20.2. The predicted octanol–water partition coefficient (Wildman–Crippen LogP) is 3.31. The van der Waals surface area contributed by atoms with Crippen LogP contribution in [0, 0.1) is 11.8 Å². The molecular formula is C22H36N4O. The van der Waals surface area contributed by atoms with E-state index in [9.17, 15) is 4.79 Å². The summed E-state index contributed by atoms with van der Waals surface area (Å²) in [4.78, 5) is 18.5. The third-order valence-electron chi connectivity index (χ3n) is 5.40. The average molecular weight is 373 g/mol. The van der Waals surface area contributed by atoms with Gasteiger partial charge >= 0.3 is 0 Å². The Labute approximate surface area is 164 Å². The van der Waals surface area contributed by atoms with Crippen molar-refractivity contribution in [2.45, 2.75) is 46.0 Å². The molecule has 1 aliphatic carbocycles. The molecule has 1 saturated carbocycles. The smallest absolute Gasteiger partial charge is 0.253 e. The zero-order valence-corrected chi connectivity index (χ0v) is 17.4. The maximum Gasteiger partial charge on any atom is 0.253 e. The summed E-state index contributed by atoms with van der Waals surface area (Å²) in [5, 5.41) is 6.78. The van der Waals surface area contributed by atoms with Crippen LogP contribution in [0.15, 0.2) is 29.3 Å². The second-order valence-corrected chi connectivity index (χ2v) is 7.82. The minimum atomic E-state index is 0.0429. The first-order valence-corrected chi connectivity index (χ1v) is 10.3. The van der Waals surface area contributed by atoms with Gasteiger partial charge in [0.2, 0.25) is 0 Å². The fourth-order valence-electron chi connectivity index (χ4n) is 3.66. The molecule has 5 heteroatoms. The van der Waals surface area contributed by atoms with Crippen molar-refractivity contribution in [2.24, 2.45) is 16.8 Å². The maximum atomic E-state index is 12.1. The van der Waals surface area contributed by atoms with Gasteiger partial charge < -0.3 is 15.5 Å². The number of guanidine groups is 1. The van der Waals surface area contributed by atoms with Crippen molar-refractivity contribution in [3.8, 4) is 0 Å². The van der Waals surface area contributed by atoms with Crippen molar-refractivity contribution in [1.82, 2.24) is 15.5 Å². The van der Waals surface area contributed by atoms with Gasteiger partial charge in [-0.3, -0.25) is 9.79 Å². The van der Waals surface area contributed by atoms with Gasteiger partial charge in [-0.2, -0.15) is 0 Å².